The lowest BCUT2D eigenvalue weighted by Gasteiger charge is -2.36. The molecule has 0 radical (unpaired) electrons. The fraction of sp³-hybridized carbons (Fsp3) is 0.333. The summed E-state index contributed by atoms with van der Waals surface area (Å²) in [7, 11) is 0. The summed E-state index contributed by atoms with van der Waals surface area (Å²) >= 11 is 0. The molecule has 29 heavy (non-hydrogen) atoms. The molecule has 2 aromatic rings. The van der Waals surface area contributed by atoms with Crippen molar-refractivity contribution in [2.45, 2.75) is 13.5 Å². The Hall–Kier alpha value is -2.36. The van der Waals surface area contributed by atoms with E-state index in [0.717, 1.165) is 37.4 Å². The van der Waals surface area contributed by atoms with Gasteiger partial charge in [0.2, 0.25) is 0 Å². The van der Waals surface area contributed by atoms with E-state index in [-0.39, 0.29) is 35.7 Å². The van der Waals surface area contributed by atoms with Gasteiger partial charge < -0.3 is 20.9 Å². The summed E-state index contributed by atoms with van der Waals surface area (Å²) in [6.07, 6.45) is 0. The molecule has 1 saturated heterocycles. The molecule has 1 aliphatic heterocycles. The van der Waals surface area contributed by atoms with Crippen molar-refractivity contribution in [3.05, 3.63) is 65.5 Å². The van der Waals surface area contributed by atoms with Gasteiger partial charge in [0.15, 0.2) is 5.96 Å². The standard InChI is InChI=1S/C21H26FN5O.HI/c1-2-24-20(28)17-5-3-4-16(14-17)15-25-21(23)27-12-10-26(11-13-27)19-8-6-18(22)7-9-19;/h3-9,14H,2,10-13,15H2,1H3,(H2,23,25)(H,24,28);1H. The van der Waals surface area contributed by atoms with Crippen LogP contribution in [0.3, 0.4) is 0 Å². The minimum Gasteiger partial charge on any atom is -0.370 e. The molecule has 0 aliphatic carbocycles. The molecule has 1 heterocycles. The van der Waals surface area contributed by atoms with Gasteiger partial charge >= 0.3 is 0 Å². The molecule has 3 rings (SSSR count). The van der Waals surface area contributed by atoms with Crippen molar-refractivity contribution in [1.29, 1.82) is 0 Å². The maximum atomic E-state index is 13.1. The number of nitrogens with zero attached hydrogens (tertiary/aromatic N) is 3. The van der Waals surface area contributed by atoms with Crippen LogP contribution in [0, 0.1) is 5.82 Å². The molecule has 0 bridgehead atoms. The van der Waals surface area contributed by atoms with Crippen molar-refractivity contribution < 1.29 is 9.18 Å². The number of piperazine rings is 1. The van der Waals surface area contributed by atoms with Crippen LogP contribution >= 0.6 is 24.0 Å². The topological polar surface area (TPSA) is 74.0 Å². The Morgan fingerprint density at radius 2 is 1.83 bits per heavy atom. The molecule has 8 heteroatoms. The SMILES string of the molecule is CCNC(=O)c1cccc(CN=C(N)N2CCN(c3ccc(F)cc3)CC2)c1.I. The zero-order valence-corrected chi connectivity index (χ0v) is 18.8. The number of carbonyl (C=O) groups is 1. The van der Waals surface area contributed by atoms with E-state index in [4.69, 9.17) is 5.73 Å². The monoisotopic (exact) mass is 511 g/mol. The first-order valence-corrected chi connectivity index (χ1v) is 9.49. The number of guanidine groups is 1. The number of halogens is 2. The predicted octanol–water partition coefficient (Wildman–Crippen LogP) is 2.83. The molecule has 1 amide bonds. The van der Waals surface area contributed by atoms with E-state index < -0.39 is 0 Å². The zero-order valence-electron chi connectivity index (χ0n) is 16.5. The van der Waals surface area contributed by atoms with Gasteiger partial charge in [-0.3, -0.25) is 4.79 Å². The summed E-state index contributed by atoms with van der Waals surface area (Å²) in [4.78, 5) is 20.7. The van der Waals surface area contributed by atoms with Gasteiger partial charge in [-0.15, -0.1) is 24.0 Å². The van der Waals surface area contributed by atoms with Crippen molar-refractivity contribution in [1.82, 2.24) is 10.2 Å². The second-order valence-corrected chi connectivity index (χ2v) is 6.68. The number of aliphatic imine (C=N–C) groups is 1. The maximum absolute atomic E-state index is 13.1. The minimum absolute atomic E-state index is 0. The molecule has 0 aromatic heterocycles. The third kappa shape index (κ3) is 6.31. The van der Waals surface area contributed by atoms with Crippen LogP contribution in [0.4, 0.5) is 10.1 Å². The first-order chi connectivity index (χ1) is 13.6. The number of carbonyl (C=O) groups excluding carboxylic acids is 1. The van der Waals surface area contributed by atoms with Crippen molar-refractivity contribution in [2.75, 3.05) is 37.6 Å². The number of hydrogen-bond acceptors (Lipinski definition) is 3. The summed E-state index contributed by atoms with van der Waals surface area (Å²) in [5.74, 6) is 0.190. The van der Waals surface area contributed by atoms with Gasteiger partial charge in [-0.05, 0) is 48.9 Å². The molecule has 0 spiro atoms. The Bertz CT molecular complexity index is 835. The molecule has 0 unspecified atom stereocenters. The quantitative estimate of drug-likeness (QED) is 0.368. The normalized spacial score (nSPS) is 14.3. The third-order valence-electron chi connectivity index (χ3n) is 4.75. The zero-order chi connectivity index (χ0) is 19.9. The predicted molar refractivity (Wildman–Crippen MR) is 125 cm³/mol. The molecular formula is C21H27FIN5O. The van der Waals surface area contributed by atoms with E-state index in [1.54, 1.807) is 18.2 Å². The van der Waals surface area contributed by atoms with Crippen molar-refractivity contribution in [3.8, 4) is 0 Å². The third-order valence-corrected chi connectivity index (χ3v) is 4.75. The molecule has 6 nitrogen and oxygen atoms in total. The van der Waals surface area contributed by atoms with Gasteiger partial charge in [0, 0.05) is 44.0 Å². The van der Waals surface area contributed by atoms with Crippen LogP contribution in [0.1, 0.15) is 22.8 Å². The highest BCUT2D eigenvalue weighted by Gasteiger charge is 2.18. The van der Waals surface area contributed by atoms with Gasteiger partial charge in [0.05, 0.1) is 6.54 Å². The van der Waals surface area contributed by atoms with Crippen molar-refractivity contribution in [2.24, 2.45) is 10.7 Å². The van der Waals surface area contributed by atoms with Gasteiger partial charge in [0.1, 0.15) is 5.82 Å². The van der Waals surface area contributed by atoms with Gasteiger partial charge in [-0.2, -0.15) is 0 Å². The summed E-state index contributed by atoms with van der Waals surface area (Å²) in [6, 6.07) is 14.0. The van der Waals surface area contributed by atoms with Crippen LogP contribution in [0.25, 0.3) is 0 Å². The smallest absolute Gasteiger partial charge is 0.251 e. The molecule has 1 fully saturated rings. The Morgan fingerprint density at radius 1 is 1.14 bits per heavy atom. The number of nitrogens with two attached hydrogens (primary N) is 1. The fourth-order valence-corrected chi connectivity index (χ4v) is 3.19. The van der Waals surface area contributed by atoms with Gasteiger partial charge in [-0.25, -0.2) is 9.38 Å². The average Bonchev–Trinajstić information content (AvgIpc) is 2.73. The van der Waals surface area contributed by atoms with E-state index >= 15 is 0 Å². The Kier molecular flexibility index (Phi) is 8.69. The van der Waals surface area contributed by atoms with Crippen molar-refractivity contribution >= 4 is 41.5 Å². The van der Waals surface area contributed by atoms with Crippen LogP contribution in [0.5, 0.6) is 0 Å². The molecule has 1 aliphatic rings. The summed E-state index contributed by atoms with van der Waals surface area (Å²) < 4.78 is 13.1. The Morgan fingerprint density at radius 3 is 2.48 bits per heavy atom. The number of nitrogens with one attached hydrogen (secondary N) is 1. The lowest BCUT2D eigenvalue weighted by molar-refractivity contribution is 0.0955. The average molecular weight is 511 g/mol. The molecule has 156 valence electrons. The molecular weight excluding hydrogens is 484 g/mol. The lowest BCUT2D eigenvalue weighted by Crippen LogP contribution is -2.51. The number of benzene rings is 2. The fourth-order valence-electron chi connectivity index (χ4n) is 3.19. The highest BCUT2D eigenvalue weighted by atomic mass is 127. The van der Waals surface area contributed by atoms with Crippen LogP contribution < -0.4 is 16.0 Å². The van der Waals surface area contributed by atoms with E-state index in [0.29, 0.717) is 24.6 Å². The summed E-state index contributed by atoms with van der Waals surface area (Å²) in [5, 5.41) is 2.79. The summed E-state index contributed by atoms with van der Waals surface area (Å²) in [5.41, 5.74) is 8.75. The number of anilines is 1. The number of rotatable bonds is 5. The highest BCUT2D eigenvalue weighted by Crippen LogP contribution is 2.17. The second kappa shape index (κ2) is 11.0. The maximum Gasteiger partial charge on any atom is 0.251 e. The van der Waals surface area contributed by atoms with E-state index in [2.05, 4.69) is 15.2 Å². The second-order valence-electron chi connectivity index (χ2n) is 6.68. The Balaban J connectivity index is 0.00000300. The van der Waals surface area contributed by atoms with E-state index in [1.165, 1.54) is 12.1 Å². The first kappa shape index (κ1) is 22.9. The first-order valence-electron chi connectivity index (χ1n) is 9.49. The molecule has 3 N–H and O–H groups in total. The van der Waals surface area contributed by atoms with Crippen LogP contribution in [-0.2, 0) is 6.54 Å². The molecule has 0 saturated carbocycles. The number of hydrogen-bond donors (Lipinski definition) is 2. The number of amides is 1. The van der Waals surface area contributed by atoms with Gasteiger partial charge in [-0.1, -0.05) is 12.1 Å². The highest BCUT2D eigenvalue weighted by molar-refractivity contribution is 14.0. The van der Waals surface area contributed by atoms with Crippen LogP contribution in [0.15, 0.2) is 53.5 Å². The molecule has 2 aromatic carbocycles. The van der Waals surface area contributed by atoms with Crippen LogP contribution in [-0.4, -0.2) is 49.5 Å². The summed E-state index contributed by atoms with van der Waals surface area (Å²) in [6.45, 7) is 6.03. The Labute approximate surface area is 188 Å². The lowest BCUT2D eigenvalue weighted by atomic mass is 10.1. The van der Waals surface area contributed by atoms with Crippen LogP contribution in [0.2, 0.25) is 0 Å². The minimum atomic E-state index is -0.227. The van der Waals surface area contributed by atoms with E-state index in [9.17, 15) is 9.18 Å². The molecule has 0 atom stereocenters. The van der Waals surface area contributed by atoms with E-state index in [1.807, 2.05) is 30.0 Å². The largest absolute Gasteiger partial charge is 0.370 e. The van der Waals surface area contributed by atoms with Crippen molar-refractivity contribution in [3.63, 3.8) is 0 Å². The van der Waals surface area contributed by atoms with Gasteiger partial charge in [0.25, 0.3) is 5.91 Å².